The third-order valence-electron chi connectivity index (χ3n) is 3.36. The topological polar surface area (TPSA) is 100 Å². The number of carbonyl (C=O) groups excluding carboxylic acids is 2. The van der Waals surface area contributed by atoms with E-state index in [1.807, 2.05) is 0 Å². The Bertz CT molecular complexity index is 514. The lowest BCUT2D eigenvalue weighted by atomic mass is 10.1. The number of piperidine rings is 1. The van der Waals surface area contributed by atoms with Crippen molar-refractivity contribution in [2.45, 2.75) is 39.3 Å². The quantitative estimate of drug-likeness (QED) is 0.805. The second kappa shape index (κ2) is 6.66. The van der Waals surface area contributed by atoms with Gasteiger partial charge in [0.2, 0.25) is 11.8 Å². The van der Waals surface area contributed by atoms with Gasteiger partial charge in [0.25, 0.3) is 0 Å². The van der Waals surface area contributed by atoms with Crippen LogP contribution in [0.2, 0.25) is 0 Å². The summed E-state index contributed by atoms with van der Waals surface area (Å²) in [5.74, 6) is -0.0697. The summed E-state index contributed by atoms with van der Waals surface area (Å²) in [6.07, 6.45) is 2.62. The molecule has 1 aliphatic heterocycles. The van der Waals surface area contributed by atoms with E-state index in [-0.39, 0.29) is 24.3 Å². The predicted molar refractivity (Wildman–Crippen MR) is 75.3 cm³/mol. The van der Waals surface area contributed by atoms with E-state index in [2.05, 4.69) is 15.6 Å². The van der Waals surface area contributed by atoms with Crippen molar-refractivity contribution in [3.8, 4) is 0 Å². The molecule has 2 rings (SSSR count). The number of nitrogens with one attached hydrogen (secondary N) is 1. The van der Waals surface area contributed by atoms with Crippen molar-refractivity contribution in [1.82, 2.24) is 19.9 Å². The number of carbonyl (C=O) groups is 2. The number of anilines is 1. The van der Waals surface area contributed by atoms with E-state index in [1.165, 1.54) is 10.9 Å². The van der Waals surface area contributed by atoms with Crippen LogP contribution in [0.15, 0.2) is 6.20 Å². The molecule has 1 aliphatic rings. The molecule has 2 amide bonds. The van der Waals surface area contributed by atoms with Crippen molar-refractivity contribution in [2.24, 2.45) is 5.92 Å². The van der Waals surface area contributed by atoms with E-state index >= 15 is 0 Å². The number of β-amino-alcohol motifs (C(OH)–C–C–N with tert-alkyl or cyclic N) is 1. The zero-order chi connectivity index (χ0) is 15.4. The van der Waals surface area contributed by atoms with E-state index in [4.69, 9.17) is 0 Å². The van der Waals surface area contributed by atoms with Crippen molar-refractivity contribution in [3.05, 3.63) is 6.20 Å². The molecule has 1 aromatic rings. The Labute approximate surface area is 123 Å². The maximum atomic E-state index is 12.1. The van der Waals surface area contributed by atoms with Crippen molar-refractivity contribution in [1.29, 1.82) is 0 Å². The molecule has 21 heavy (non-hydrogen) atoms. The lowest BCUT2D eigenvalue weighted by Crippen LogP contribution is -2.43. The van der Waals surface area contributed by atoms with Crippen molar-refractivity contribution in [3.63, 3.8) is 0 Å². The highest BCUT2D eigenvalue weighted by Crippen LogP contribution is 2.11. The van der Waals surface area contributed by atoms with Gasteiger partial charge in [0.1, 0.15) is 6.54 Å². The number of aliphatic hydroxyl groups is 1. The number of hydrogen-bond donors (Lipinski definition) is 2. The van der Waals surface area contributed by atoms with Crippen LogP contribution in [0.25, 0.3) is 0 Å². The predicted octanol–water partition coefficient (Wildman–Crippen LogP) is -0.144. The van der Waals surface area contributed by atoms with Gasteiger partial charge in [-0.25, -0.2) is 4.68 Å². The minimum absolute atomic E-state index is 0.0528. The molecule has 0 radical (unpaired) electrons. The van der Waals surface area contributed by atoms with Crippen molar-refractivity contribution >= 4 is 17.6 Å². The van der Waals surface area contributed by atoms with Gasteiger partial charge < -0.3 is 15.3 Å². The molecule has 0 saturated carbocycles. The molecule has 2 heterocycles. The van der Waals surface area contributed by atoms with Crippen LogP contribution in [0, 0.1) is 5.92 Å². The van der Waals surface area contributed by atoms with Gasteiger partial charge in [0, 0.05) is 19.0 Å². The van der Waals surface area contributed by atoms with E-state index in [9.17, 15) is 14.7 Å². The fraction of sp³-hybridized carbons (Fsp3) is 0.692. The average molecular weight is 295 g/mol. The number of likely N-dealkylation sites (tertiary alicyclic amines) is 1. The summed E-state index contributed by atoms with van der Waals surface area (Å²) in [6.45, 7) is 4.64. The number of aliphatic hydroxyl groups excluding tert-OH is 1. The zero-order valence-electron chi connectivity index (χ0n) is 12.3. The molecule has 1 aromatic heterocycles. The zero-order valence-corrected chi connectivity index (χ0v) is 12.3. The first-order chi connectivity index (χ1) is 9.95. The smallest absolute Gasteiger partial charge is 0.244 e. The summed E-state index contributed by atoms with van der Waals surface area (Å²) < 4.78 is 1.39. The molecule has 0 bridgehead atoms. The number of nitrogens with zero attached hydrogens (tertiary/aromatic N) is 4. The van der Waals surface area contributed by atoms with E-state index in [0.29, 0.717) is 18.9 Å². The monoisotopic (exact) mass is 295 g/mol. The summed E-state index contributed by atoms with van der Waals surface area (Å²) in [7, 11) is 0. The van der Waals surface area contributed by atoms with Crippen molar-refractivity contribution in [2.75, 3.05) is 18.4 Å². The van der Waals surface area contributed by atoms with Crippen LogP contribution in [-0.2, 0) is 16.1 Å². The highest BCUT2D eigenvalue weighted by atomic mass is 16.3. The molecule has 1 fully saturated rings. The highest BCUT2D eigenvalue weighted by molar-refractivity contribution is 5.90. The van der Waals surface area contributed by atoms with Gasteiger partial charge in [-0.15, -0.1) is 5.10 Å². The molecule has 2 N–H and O–H groups in total. The van der Waals surface area contributed by atoms with Gasteiger partial charge in [-0.1, -0.05) is 19.1 Å². The SMILES string of the molecule is CC(C)C(=O)Nc1cn(CC(=O)N2CCCC(O)C2)nn1. The first-order valence-electron chi connectivity index (χ1n) is 7.12. The molecular formula is C13H21N5O3. The fourth-order valence-electron chi connectivity index (χ4n) is 2.12. The molecule has 8 heteroatoms. The Kier molecular flexibility index (Phi) is 4.89. The van der Waals surface area contributed by atoms with Gasteiger partial charge in [0.15, 0.2) is 5.82 Å². The lowest BCUT2D eigenvalue weighted by molar-refractivity contribution is -0.135. The molecule has 0 spiro atoms. The molecule has 8 nitrogen and oxygen atoms in total. The van der Waals surface area contributed by atoms with E-state index in [1.54, 1.807) is 18.7 Å². The van der Waals surface area contributed by atoms with Gasteiger partial charge in [-0.05, 0) is 12.8 Å². The molecular weight excluding hydrogens is 274 g/mol. The van der Waals surface area contributed by atoms with Gasteiger partial charge >= 0.3 is 0 Å². The summed E-state index contributed by atoms with van der Waals surface area (Å²) >= 11 is 0. The standard InChI is InChI=1S/C13H21N5O3/c1-9(2)13(21)14-11-7-18(16-15-11)8-12(20)17-5-3-4-10(19)6-17/h7,9-10,19H,3-6,8H2,1-2H3,(H,14,21). The molecule has 116 valence electrons. The Morgan fingerprint density at radius 3 is 2.95 bits per heavy atom. The first-order valence-corrected chi connectivity index (χ1v) is 7.12. The maximum Gasteiger partial charge on any atom is 0.244 e. The normalized spacial score (nSPS) is 18.9. The molecule has 0 aromatic carbocycles. The minimum Gasteiger partial charge on any atom is -0.391 e. The second-order valence-corrected chi connectivity index (χ2v) is 5.58. The van der Waals surface area contributed by atoms with Crippen LogP contribution in [-0.4, -0.2) is 56.0 Å². The lowest BCUT2D eigenvalue weighted by Gasteiger charge is -2.29. The third kappa shape index (κ3) is 4.25. The van der Waals surface area contributed by atoms with E-state index in [0.717, 1.165) is 12.8 Å². The Hall–Kier alpha value is -1.96. The number of amides is 2. The van der Waals surface area contributed by atoms with Crippen molar-refractivity contribution < 1.29 is 14.7 Å². The van der Waals surface area contributed by atoms with Crippen LogP contribution < -0.4 is 5.32 Å². The van der Waals surface area contributed by atoms with Crippen LogP contribution in [0.5, 0.6) is 0 Å². The van der Waals surface area contributed by atoms with Gasteiger partial charge in [-0.2, -0.15) is 0 Å². The summed E-state index contributed by atoms with van der Waals surface area (Å²) in [4.78, 5) is 25.3. The summed E-state index contributed by atoms with van der Waals surface area (Å²) in [5, 5.41) is 19.8. The Morgan fingerprint density at radius 1 is 1.52 bits per heavy atom. The molecule has 0 aliphatic carbocycles. The maximum absolute atomic E-state index is 12.1. The van der Waals surface area contributed by atoms with Crippen LogP contribution >= 0.6 is 0 Å². The summed E-state index contributed by atoms with van der Waals surface area (Å²) in [5.41, 5.74) is 0. The molecule has 1 saturated heterocycles. The molecule has 1 unspecified atom stereocenters. The Balaban J connectivity index is 1.90. The Morgan fingerprint density at radius 2 is 2.29 bits per heavy atom. The van der Waals surface area contributed by atoms with Gasteiger partial charge in [0.05, 0.1) is 12.3 Å². The minimum atomic E-state index is -0.445. The molecule has 1 atom stereocenters. The van der Waals surface area contributed by atoms with Crippen LogP contribution in [0.4, 0.5) is 5.82 Å². The summed E-state index contributed by atoms with van der Waals surface area (Å²) in [6, 6.07) is 0. The number of aromatic nitrogens is 3. The first kappa shape index (κ1) is 15.4. The van der Waals surface area contributed by atoms with Crippen LogP contribution in [0.3, 0.4) is 0 Å². The van der Waals surface area contributed by atoms with Crippen LogP contribution in [0.1, 0.15) is 26.7 Å². The van der Waals surface area contributed by atoms with Gasteiger partial charge in [-0.3, -0.25) is 9.59 Å². The fourth-order valence-corrected chi connectivity index (χ4v) is 2.12. The second-order valence-electron chi connectivity index (χ2n) is 5.58. The number of hydrogen-bond acceptors (Lipinski definition) is 5. The van der Waals surface area contributed by atoms with E-state index < -0.39 is 6.10 Å². The third-order valence-corrected chi connectivity index (χ3v) is 3.36. The highest BCUT2D eigenvalue weighted by Gasteiger charge is 2.22. The number of rotatable bonds is 4. The average Bonchev–Trinajstić information content (AvgIpc) is 2.85. The largest absolute Gasteiger partial charge is 0.391 e.